The summed E-state index contributed by atoms with van der Waals surface area (Å²) in [5.74, 6) is -0.116. The normalized spacial score (nSPS) is 22.6. The van der Waals surface area contributed by atoms with Crippen LogP contribution in [0.3, 0.4) is 0 Å². The summed E-state index contributed by atoms with van der Waals surface area (Å²) >= 11 is 0. The number of carbonyl (C=O) groups is 1. The highest BCUT2D eigenvalue weighted by Crippen LogP contribution is 2.28. The average molecular weight is 284 g/mol. The molecule has 0 radical (unpaired) electrons. The Hall–Kier alpha value is -1.46. The van der Waals surface area contributed by atoms with E-state index in [1.165, 1.54) is 0 Å². The van der Waals surface area contributed by atoms with Gasteiger partial charge in [0.1, 0.15) is 5.60 Å². The third kappa shape index (κ3) is 4.90. The molecule has 7 nitrogen and oxygen atoms in total. The Balaban J connectivity index is 2.66. The molecule has 20 heavy (non-hydrogen) atoms. The van der Waals surface area contributed by atoms with Crippen molar-refractivity contribution >= 4 is 6.09 Å². The van der Waals surface area contributed by atoms with Gasteiger partial charge in [-0.25, -0.2) is 4.79 Å². The highest BCUT2D eigenvalue weighted by atomic mass is 16.6. The second-order valence-electron chi connectivity index (χ2n) is 6.51. The maximum absolute atomic E-state index is 12.0. The van der Waals surface area contributed by atoms with Gasteiger partial charge in [-0.2, -0.15) is 0 Å². The molecule has 0 saturated carbocycles. The number of hydrogen-bond acceptors (Lipinski definition) is 4. The van der Waals surface area contributed by atoms with Crippen LogP contribution in [0.15, 0.2) is 5.11 Å². The molecule has 2 unspecified atom stereocenters. The van der Waals surface area contributed by atoms with Crippen molar-refractivity contribution in [3.05, 3.63) is 10.4 Å². The van der Waals surface area contributed by atoms with Crippen LogP contribution in [0, 0.1) is 5.92 Å². The number of likely N-dealkylation sites (tertiary alicyclic amines) is 1. The highest BCUT2D eigenvalue weighted by Gasteiger charge is 2.37. The molecule has 0 aliphatic carbocycles. The molecule has 114 valence electrons. The minimum absolute atomic E-state index is 0.0102. The zero-order valence-corrected chi connectivity index (χ0v) is 12.7. The van der Waals surface area contributed by atoms with Crippen molar-refractivity contribution in [1.29, 1.82) is 0 Å². The molecule has 1 aliphatic rings. The molecule has 1 heterocycles. The van der Waals surface area contributed by atoms with E-state index in [9.17, 15) is 9.90 Å². The summed E-state index contributed by atoms with van der Waals surface area (Å²) in [6.07, 6.45) is 1.24. The van der Waals surface area contributed by atoms with E-state index >= 15 is 0 Å². The zero-order chi connectivity index (χ0) is 15.4. The smallest absolute Gasteiger partial charge is 0.410 e. The first-order chi connectivity index (χ1) is 9.15. The third-order valence-electron chi connectivity index (χ3n) is 3.41. The van der Waals surface area contributed by atoms with Crippen molar-refractivity contribution in [3.63, 3.8) is 0 Å². The Morgan fingerprint density at radius 1 is 1.50 bits per heavy atom. The summed E-state index contributed by atoms with van der Waals surface area (Å²) < 4.78 is 5.34. The topological polar surface area (TPSA) is 98.5 Å². The van der Waals surface area contributed by atoms with Gasteiger partial charge in [-0.15, -0.1) is 0 Å². The fraction of sp³-hybridized carbons (Fsp3) is 0.923. The van der Waals surface area contributed by atoms with Crippen LogP contribution in [-0.4, -0.2) is 46.9 Å². The molecular formula is C13H24N4O3. The number of rotatable bonds is 3. The lowest BCUT2D eigenvalue weighted by Gasteiger charge is -2.40. The SMILES string of the molecule is CC(C)(C)OC(=O)N1CCCC(C(C)(O)CN=[N+]=[N-])C1. The molecule has 2 atom stereocenters. The van der Waals surface area contributed by atoms with Crippen LogP contribution in [0.25, 0.3) is 10.4 Å². The quantitative estimate of drug-likeness (QED) is 0.490. The molecule has 0 aromatic rings. The molecule has 0 bridgehead atoms. The molecule has 0 aromatic heterocycles. The summed E-state index contributed by atoms with van der Waals surface area (Å²) in [4.78, 5) is 16.3. The van der Waals surface area contributed by atoms with Gasteiger partial charge in [0.05, 0.1) is 12.1 Å². The summed E-state index contributed by atoms with van der Waals surface area (Å²) in [7, 11) is 0. The van der Waals surface area contributed by atoms with E-state index in [4.69, 9.17) is 10.3 Å². The second kappa shape index (κ2) is 6.33. The van der Waals surface area contributed by atoms with E-state index < -0.39 is 11.2 Å². The lowest BCUT2D eigenvalue weighted by Crippen LogP contribution is -2.50. The van der Waals surface area contributed by atoms with Crippen molar-refractivity contribution in [1.82, 2.24) is 4.90 Å². The van der Waals surface area contributed by atoms with Crippen LogP contribution in [0.2, 0.25) is 0 Å². The van der Waals surface area contributed by atoms with Gasteiger partial charge in [-0.05, 0) is 46.1 Å². The standard InChI is InChI=1S/C13H24N4O3/c1-12(2,3)20-11(18)17-7-5-6-10(8-17)13(4,19)9-15-16-14/h10,19H,5-9H2,1-4H3. The summed E-state index contributed by atoms with van der Waals surface area (Å²) in [5, 5.41) is 13.8. The third-order valence-corrected chi connectivity index (χ3v) is 3.41. The van der Waals surface area contributed by atoms with Gasteiger partial charge < -0.3 is 14.7 Å². The number of azide groups is 1. The lowest BCUT2D eigenvalue weighted by molar-refractivity contribution is -0.0339. The number of ether oxygens (including phenoxy) is 1. The zero-order valence-electron chi connectivity index (χ0n) is 12.7. The van der Waals surface area contributed by atoms with Crippen LogP contribution >= 0.6 is 0 Å². The first-order valence-corrected chi connectivity index (χ1v) is 6.87. The molecule has 7 heteroatoms. The van der Waals surface area contributed by atoms with Crippen molar-refractivity contribution in [3.8, 4) is 0 Å². The van der Waals surface area contributed by atoms with E-state index in [1.807, 2.05) is 20.8 Å². The summed E-state index contributed by atoms with van der Waals surface area (Å²) in [6, 6.07) is 0. The highest BCUT2D eigenvalue weighted by molar-refractivity contribution is 5.68. The molecular weight excluding hydrogens is 260 g/mol. The molecule has 1 aliphatic heterocycles. The monoisotopic (exact) mass is 284 g/mol. The van der Waals surface area contributed by atoms with E-state index in [-0.39, 0.29) is 18.6 Å². The Bertz CT molecular complexity index is 397. The number of amides is 1. The van der Waals surface area contributed by atoms with Gasteiger partial charge in [0.25, 0.3) is 0 Å². The van der Waals surface area contributed by atoms with Gasteiger partial charge in [0.15, 0.2) is 0 Å². The molecule has 1 fully saturated rings. The average Bonchev–Trinajstić information content (AvgIpc) is 2.34. The van der Waals surface area contributed by atoms with E-state index in [1.54, 1.807) is 11.8 Å². The molecule has 1 amide bonds. The fourth-order valence-corrected chi connectivity index (χ4v) is 2.28. The van der Waals surface area contributed by atoms with Crippen molar-refractivity contribution in [2.75, 3.05) is 19.6 Å². The van der Waals surface area contributed by atoms with Gasteiger partial charge in [-0.3, -0.25) is 0 Å². The second-order valence-corrected chi connectivity index (χ2v) is 6.51. The minimum Gasteiger partial charge on any atom is -0.444 e. The number of carbonyl (C=O) groups excluding carboxylic acids is 1. The molecule has 0 aromatic carbocycles. The van der Waals surface area contributed by atoms with Crippen LogP contribution in [0.4, 0.5) is 4.79 Å². The predicted molar refractivity (Wildman–Crippen MR) is 75.2 cm³/mol. The number of aliphatic hydroxyl groups is 1. The Morgan fingerprint density at radius 2 is 2.15 bits per heavy atom. The lowest BCUT2D eigenvalue weighted by atomic mass is 9.83. The number of nitrogens with zero attached hydrogens (tertiary/aromatic N) is 4. The number of piperidine rings is 1. The van der Waals surface area contributed by atoms with E-state index in [2.05, 4.69) is 10.0 Å². The largest absolute Gasteiger partial charge is 0.444 e. The first kappa shape index (κ1) is 16.6. The van der Waals surface area contributed by atoms with Crippen molar-refractivity contribution in [2.45, 2.75) is 51.7 Å². The summed E-state index contributed by atoms with van der Waals surface area (Å²) in [5.41, 5.74) is 6.72. The Morgan fingerprint density at radius 3 is 2.70 bits per heavy atom. The van der Waals surface area contributed by atoms with E-state index in [0.29, 0.717) is 13.1 Å². The Kier molecular flexibility index (Phi) is 5.25. The fourth-order valence-electron chi connectivity index (χ4n) is 2.28. The predicted octanol–water partition coefficient (Wildman–Crippen LogP) is 2.69. The number of hydrogen-bond donors (Lipinski definition) is 1. The van der Waals surface area contributed by atoms with Crippen LogP contribution in [0.5, 0.6) is 0 Å². The molecule has 1 saturated heterocycles. The van der Waals surface area contributed by atoms with Crippen LogP contribution in [0.1, 0.15) is 40.5 Å². The van der Waals surface area contributed by atoms with Gasteiger partial charge in [-0.1, -0.05) is 5.11 Å². The van der Waals surface area contributed by atoms with Crippen LogP contribution < -0.4 is 0 Å². The first-order valence-electron chi connectivity index (χ1n) is 6.87. The maximum Gasteiger partial charge on any atom is 0.410 e. The molecule has 1 N–H and O–H groups in total. The van der Waals surface area contributed by atoms with E-state index in [0.717, 1.165) is 12.8 Å². The van der Waals surface area contributed by atoms with Gasteiger partial charge in [0.2, 0.25) is 0 Å². The molecule has 1 rings (SSSR count). The van der Waals surface area contributed by atoms with Crippen LogP contribution in [-0.2, 0) is 4.74 Å². The molecule has 0 spiro atoms. The minimum atomic E-state index is -1.10. The summed E-state index contributed by atoms with van der Waals surface area (Å²) in [6.45, 7) is 8.17. The van der Waals surface area contributed by atoms with Crippen molar-refractivity contribution < 1.29 is 14.6 Å². The Labute approximate surface area is 119 Å². The van der Waals surface area contributed by atoms with Crippen molar-refractivity contribution in [2.24, 2.45) is 11.0 Å². The maximum atomic E-state index is 12.0. The van der Waals surface area contributed by atoms with Gasteiger partial charge in [0, 0.05) is 23.9 Å². The van der Waals surface area contributed by atoms with Gasteiger partial charge >= 0.3 is 6.09 Å².